The van der Waals surface area contributed by atoms with Crippen LogP contribution in [0.3, 0.4) is 0 Å². The number of carbonyl (C=O) groups is 2. The first-order chi connectivity index (χ1) is 19.5. The van der Waals surface area contributed by atoms with Gasteiger partial charge in [0, 0.05) is 24.5 Å². The number of hydrogen-bond donors (Lipinski definition) is 1. The summed E-state index contributed by atoms with van der Waals surface area (Å²) in [7, 11) is 3.13. The predicted molar refractivity (Wildman–Crippen MR) is 157 cm³/mol. The first-order valence-electron chi connectivity index (χ1n) is 13.1. The Hall–Kier alpha value is -4.29. The lowest BCUT2D eigenvalue weighted by molar-refractivity contribution is -0.140. The molecule has 0 aliphatic heterocycles. The van der Waals surface area contributed by atoms with E-state index < -0.39 is 6.04 Å². The summed E-state index contributed by atoms with van der Waals surface area (Å²) in [5, 5.41) is 3.68. The quantitative estimate of drug-likeness (QED) is 0.237. The van der Waals surface area contributed by atoms with Gasteiger partial charge in [-0.1, -0.05) is 90.5 Å². The van der Waals surface area contributed by atoms with Gasteiger partial charge >= 0.3 is 0 Å². The van der Waals surface area contributed by atoms with Crippen molar-refractivity contribution in [1.29, 1.82) is 0 Å². The highest BCUT2D eigenvalue weighted by molar-refractivity contribution is 6.30. The van der Waals surface area contributed by atoms with Crippen molar-refractivity contribution < 1.29 is 19.1 Å². The number of nitrogens with one attached hydrogen (secondary N) is 1. The zero-order chi connectivity index (χ0) is 28.3. The summed E-state index contributed by atoms with van der Waals surface area (Å²) in [5.41, 5.74) is 3.58. The van der Waals surface area contributed by atoms with Crippen LogP contribution in [-0.4, -0.2) is 37.0 Å². The first kappa shape index (κ1) is 28.7. The maximum absolute atomic E-state index is 14.0. The summed E-state index contributed by atoms with van der Waals surface area (Å²) in [4.78, 5) is 29.4. The lowest BCUT2D eigenvalue weighted by Crippen LogP contribution is -2.50. The van der Waals surface area contributed by atoms with E-state index in [4.69, 9.17) is 21.1 Å². The van der Waals surface area contributed by atoms with Gasteiger partial charge in [0.2, 0.25) is 11.8 Å². The number of carbonyl (C=O) groups excluding carboxylic acids is 2. The predicted octanol–water partition coefficient (Wildman–Crippen LogP) is 5.86. The number of hydrogen-bond acceptors (Lipinski definition) is 4. The van der Waals surface area contributed by atoms with Crippen molar-refractivity contribution >= 4 is 23.4 Å². The van der Waals surface area contributed by atoms with E-state index in [0.717, 1.165) is 22.3 Å². The topological polar surface area (TPSA) is 67.9 Å². The molecule has 0 spiro atoms. The third kappa shape index (κ3) is 7.87. The molecule has 0 aliphatic carbocycles. The molecule has 4 aromatic carbocycles. The molecule has 4 aromatic rings. The highest BCUT2D eigenvalue weighted by Gasteiger charge is 2.30. The number of amides is 2. The van der Waals surface area contributed by atoms with E-state index in [1.165, 1.54) is 0 Å². The van der Waals surface area contributed by atoms with Crippen molar-refractivity contribution in [1.82, 2.24) is 10.2 Å². The van der Waals surface area contributed by atoms with E-state index >= 15 is 0 Å². The van der Waals surface area contributed by atoms with Crippen LogP contribution in [0.15, 0.2) is 103 Å². The van der Waals surface area contributed by atoms with Crippen LogP contribution in [0.5, 0.6) is 11.5 Å². The molecular formula is C33H33ClN2O4. The molecule has 2 amide bonds. The smallest absolute Gasteiger partial charge is 0.243 e. The van der Waals surface area contributed by atoms with E-state index in [9.17, 15) is 9.59 Å². The third-order valence-electron chi connectivity index (χ3n) is 6.65. The number of methoxy groups -OCH3 is 2. The van der Waals surface area contributed by atoms with Crippen LogP contribution in [-0.2, 0) is 35.5 Å². The first-order valence-corrected chi connectivity index (χ1v) is 13.4. The molecule has 0 aromatic heterocycles. The van der Waals surface area contributed by atoms with Gasteiger partial charge in [-0.25, -0.2) is 0 Å². The van der Waals surface area contributed by atoms with Crippen LogP contribution < -0.4 is 14.8 Å². The van der Waals surface area contributed by atoms with E-state index in [2.05, 4.69) is 5.32 Å². The highest BCUT2D eigenvalue weighted by atomic mass is 35.5. The minimum absolute atomic E-state index is 0.100. The van der Waals surface area contributed by atoms with E-state index in [1.54, 1.807) is 43.4 Å². The molecule has 1 atom stereocenters. The van der Waals surface area contributed by atoms with Crippen LogP contribution in [0.25, 0.3) is 0 Å². The minimum atomic E-state index is -0.734. The van der Waals surface area contributed by atoms with Crippen molar-refractivity contribution in [3.05, 3.63) is 130 Å². The molecule has 1 N–H and O–H groups in total. The Morgan fingerprint density at radius 1 is 0.750 bits per heavy atom. The Morgan fingerprint density at radius 3 is 1.98 bits per heavy atom. The summed E-state index contributed by atoms with van der Waals surface area (Å²) >= 11 is 6.02. The van der Waals surface area contributed by atoms with Gasteiger partial charge in [-0.2, -0.15) is 0 Å². The summed E-state index contributed by atoms with van der Waals surface area (Å²) in [6.07, 6.45) is 0.473. The summed E-state index contributed by atoms with van der Waals surface area (Å²) < 4.78 is 10.8. The van der Waals surface area contributed by atoms with Crippen molar-refractivity contribution in [3.8, 4) is 11.5 Å². The van der Waals surface area contributed by atoms with Gasteiger partial charge in [0.05, 0.1) is 20.6 Å². The Kier molecular flexibility index (Phi) is 10.2. The molecule has 0 aliphatic rings. The number of rotatable bonds is 12. The zero-order valence-electron chi connectivity index (χ0n) is 22.7. The van der Waals surface area contributed by atoms with Gasteiger partial charge in [-0.3, -0.25) is 9.59 Å². The molecule has 40 heavy (non-hydrogen) atoms. The van der Waals surface area contributed by atoms with Crippen molar-refractivity contribution in [2.24, 2.45) is 0 Å². The van der Waals surface area contributed by atoms with E-state index in [1.807, 2.05) is 78.9 Å². The summed E-state index contributed by atoms with van der Waals surface area (Å²) in [5.74, 6) is 0.737. The fourth-order valence-electron chi connectivity index (χ4n) is 4.51. The van der Waals surface area contributed by atoms with E-state index in [0.29, 0.717) is 36.0 Å². The Morgan fingerprint density at radius 2 is 1.35 bits per heavy atom. The number of ether oxygens (including phenoxy) is 2. The second kappa shape index (κ2) is 14.2. The largest absolute Gasteiger partial charge is 0.493 e. The van der Waals surface area contributed by atoms with E-state index in [-0.39, 0.29) is 18.2 Å². The number of benzene rings is 4. The molecule has 0 fully saturated rings. The summed E-state index contributed by atoms with van der Waals surface area (Å²) in [6.45, 7) is 0.614. The average Bonchev–Trinajstić information content (AvgIpc) is 2.99. The lowest BCUT2D eigenvalue weighted by Gasteiger charge is -2.32. The van der Waals surface area contributed by atoms with Crippen LogP contribution in [0, 0.1) is 0 Å². The maximum atomic E-state index is 14.0. The monoisotopic (exact) mass is 556 g/mol. The van der Waals surface area contributed by atoms with Crippen molar-refractivity contribution in [2.75, 3.05) is 14.2 Å². The van der Waals surface area contributed by atoms with Gasteiger partial charge in [0.25, 0.3) is 0 Å². The lowest BCUT2D eigenvalue weighted by atomic mass is 10.0. The molecule has 6 nitrogen and oxygen atoms in total. The molecule has 7 heteroatoms. The van der Waals surface area contributed by atoms with Crippen LogP contribution in [0.4, 0.5) is 0 Å². The fraction of sp³-hybridized carbons (Fsp3) is 0.212. The SMILES string of the molecule is COc1ccc(CC(=O)N(Cc2ccccc2)[C@H](Cc2ccccc2)C(=O)NCc2ccc(Cl)cc2)cc1OC. The molecule has 0 bridgehead atoms. The van der Waals surface area contributed by atoms with Crippen LogP contribution in [0.2, 0.25) is 5.02 Å². The Labute approximate surface area is 240 Å². The average molecular weight is 557 g/mol. The van der Waals surface area contributed by atoms with Crippen molar-refractivity contribution in [2.45, 2.75) is 32.0 Å². The molecule has 0 saturated carbocycles. The maximum Gasteiger partial charge on any atom is 0.243 e. The second-order valence-electron chi connectivity index (χ2n) is 9.42. The normalized spacial score (nSPS) is 11.4. The highest BCUT2D eigenvalue weighted by Crippen LogP contribution is 2.28. The Balaban J connectivity index is 1.64. The second-order valence-corrected chi connectivity index (χ2v) is 9.86. The van der Waals surface area contributed by atoms with Crippen molar-refractivity contribution in [3.63, 3.8) is 0 Å². The number of nitrogens with zero attached hydrogens (tertiary/aromatic N) is 1. The molecular weight excluding hydrogens is 524 g/mol. The molecule has 206 valence electrons. The molecule has 4 rings (SSSR count). The number of halogens is 1. The Bertz CT molecular complexity index is 1400. The molecule has 0 unspecified atom stereocenters. The van der Waals surface area contributed by atoms with Crippen LogP contribution >= 0.6 is 11.6 Å². The van der Waals surface area contributed by atoms with Gasteiger partial charge < -0.3 is 19.7 Å². The third-order valence-corrected chi connectivity index (χ3v) is 6.90. The van der Waals surface area contributed by atoms with Crippen LogP contribution in [0.1, 0.15) is 22.3 Å². The van der Waals surface area contributed by atoms with Gasteiger partial charge in [0.1, 0.15) is 6.04 Å². The molecule has 0 radical (unpaired) electrons. The molecule has 0 saturated heterocycles. The minimum Gasteiger partial charge on any atom is -0.493 e. The fourth-order valence-corrected chi connectivity index (χ4v) is 4.64. The summed E-state index contributed by atoms with van der Waals surface area (Å²) in [6, 6.07) is 31.5. The van der Waals surface area contributed by atoms with Gasteiger partial charge in [-0.05, 0) is 46.5 Å². The standard InChI is InChI=1S/C33H33ClN2O4/c1-39-30-18-15-27(20-31(30)40-2)21-32(37)36(23-26-11-7-4-8-12-26)29(19-24-9-5-3-6-10-24)33(38)35-22-25-13-16-28(34)17-14-25/h3-18,20,29H,19,21-23H2,1-2H3,(H,35,38)/t29-/m1/s1. The zero-order valence-corrected chi connectivity index (χ0v) is 23.4. The van der Waals surface area contributed by atoms with Gasteiger partial charge in [0.15, 0.2) is 11.5 Å². The molecule has 0 heterocycles. The van der Waals surface area contributed by atoms with Gasteiger partial charge in [-0.15, -0.1) is 0 Å².